The van der Waals surface area contributed by atoms with Crippen LogP contribution >= 0.6 is 0 Å². The van der Waals surface area contributed by atoms with Crippen LogP contribution in [0.1, 0.15) is 5.69 Å². The number of ether oxygens (including phenoxy) is 1. The number of methoxy groups -OCH3 is 1. The Morgan fingerprint density at radius 2 is 1.81 bits per heavy atom. The topological polar surface area (TPSA) is 97.3 Å². The number of pyridine rings is 2. The molecule has 5 heterocycles. The minimum atomic E-state index is 0.723. The molecule has 0 aliphatic heterocycles. The van der Waals surface area contributed by atoms with Crippen LogP contribution in [0.25, 0.3) is 50.0 Å². The zero-order chi connectivity index (χ0) is 21.7. The van der Waals surface area contributed by atoms with Gasteiger partial charge in [0.05, 0.1) is 60.1 Å². The molecule has 0 atom stereocenters. The van der Waals surface area contributed by atoms with Gasteiger partial charge >= 0.3 is 0 Å². The van der Waals surface area contributed by atoms with Crippen molar-refractivity contribution < 1.29 is 4.74 Å². The lowest BCUT2D eigenvalue weighted by Gasteiger charge is -2.04. The van der Waals surface area contributed by atoms with Crippen molar-refractivity contribution in [2.45, 2.75) is 6.92 Å². The third-order valence-electron chi connectivity index (χ3n) is 5.61. The number of benzene rings is 1. The lowest BCUT2D eigenvalue weighted by molar-refractivity contribution is 0.413. The van der Waals surface area contributed by atoms with Gasteiger partial charge < -0.3 is 14.3 Å². The van der Waals surface area contributed by atoms with Gasteiger partial charge in [-0.25, -0.2) is 4.98 Å². The van der Waals surface area contributed by atoms with Gasteiger partial charge in [-0.3, -0.25) is 15.1 Å². The first-order valence-electron chi connectivity index (χ1n) is 10.2. The van der Waals surface area contributed by atoms with E-state index in [1.54, 1.807) is 19.6 Å². The molecule has 0 spiro atoms. The van der Waals surface area contributed by atoms with Crippen molar-refractivity contribution in [1.29, 1.82) is 0 Å². The number of imidazole rings is 1. The van der Waals surface area contributed by atoms with Crippen molar-refractivity contribution in [2.24, 2.45) is 0 Å². The van der Waals surface area contributed by atoms with Gasteiger partial charge in [-0.2, -0.15) is 5.10 Å². The molecule has 8 nitrogen and oxygen atoms in total. The van der Waals surface area contributed by atoms with Crippen molar-refractivity contribution in [2.75, 3.05) is 7.11 Å². The number of nitrogens with one attached hydrogen (secondary N) is 2. The number of H-pyrrole nitrogens is 2. The Kier molecular flexibility index (Phi) is 4.04. The highest BCUT2D eigenvalue weighted by molar-refractivity contribution is 5.99. The van der Waals surface area contributed by atoms with Crippen LogP contribution < -0.4 is 4.74 Å². The molecule has 0 fully saturated rings. The molecule has 0 saturated heterocycles. The van der Waals surface area contributed by atoms with Crippen LogP contribution in [-0.4, -0.2) is 41.8 Å². The van der Waals surface area contributed by atoms with Crippen LogP contribution in [0.2, 0.25) is 0 Å². The van der Waals surface area contributed by atoms with Crippen molar-refractivity contribution >= 4 is 21.8 Å². The lowest BCUT2D eigenvalue weighted by atomic mass is 10.0. The van der Waals surface area contributed by atoms with Crippen LogP contribution in [-0.2, 0) is 0 Å². The third kappa shape index (κ3) is 2.92. The summed E-state index contributed by atoms with van der Waals surface area (Å²) < 4.78 is 7.31. The summed E-state index contributed by atoms with van der Waals surface area (Å²) in [7, 11) is 1.64. The Morgan fingerprint density at radius 1 is 0.906 bits per heavy atom. The maximum atomic E-state index is 5.33. The number of rotatable bonds is 4. The van der Waals surface area contributed by atoms with Gasteiger partial charge in [-0.1, -0.05) is 6.07 Å². The fourth-order valence-electron chi connectivity index (χ4n) is 4.01. The zero-order valence-electron chi connectivity index (χ0n) is 17.5. The van der Waals surface area contributed by atoms with Crippen LogP contribution in [0.5, 0.6) is 5.75 Å². The van der Waals surface area contributed by atoms with Gasteiger partial charge in [-0.05, 0) is 36.8 Å². The van der Waals surface area contributed by atoms with E-state index in [2.05, 4.69) is 48.3 Å². The van der Waals surface area contributed by atoms with Crippen LogP contribution in [0.4, 0.5) is 0 Å². The molecule has 1 aromatic carbocycles. The average molecular weight is 421 g/mol. The SMILES string of the molecule is COc1cncc(-c2ccc3[nH]nc(-c4cc5c(-n6cnc(C)c6)cncc5[nH]4)c3c2)c1. The van der Waals surface area contributed by atoms with E-state index in [4.69, 9.17) is 4.74 Å². The Bertz CT molecular complexity index is 1590. The second kappa shape index (κ2) is 7.05. The van der Waals surface area contributed by atoms with Crippen molar-refractivity contribution in [3.05, 3.63) is 73.3 Å². The number of hydrogen-bond donors (Lipinski definition) is 2. The molecule has 156 valence electrons. The number of aromatic amines is 2. The van der Waals surface area contributed by atoms with Crippen molar-refractivity contribution in [3.63, 3.8) is 0 Å². The van der Waals surface area contributed by atoms with Gasteiger partial charge in [0.1, 0.15) is 11.4 Å². The highest BCUT2D eigenvalue weighted by Crippen LogP contribution is 2.33. The Morgan fingerprint density at radius 3 is 2.66 bits per heavy atom. The number of aromatic nitrogens is 7. The molecular weight excluding hydrogens is 402 g/mol. The summed E-state index contributed by atoms with van der Waals surface area (Å²) in [5.41, 5.74) is 7.61. The molecule has 5 aromatic heterocycles. The van der Waals surface area contributed by atoms with E-state index in [1.165, 1.54) is 0 Å². The van der Waals surface area contributed by atoms with E-state index in [-0.39, 0.29) is 0 Å². The molecule has 32 heavy (non-hydrogen) atoms. The molecule has 0 amide bonds. The fourth-order valence-corrected chi connectivity index (χ4v) is 4.01. The van der Waals surface area contributed by atoms with E-state index in [0.29, 0.717) is 0 Å². The molecule has 2 N–H and O–H groups in total. The minimum Gasteiger partial charge on any atom is -0.495 e. The molecule has 6 aromatic rings. The molecule has 0 aliphatic rings. The summed E-state index contributed by atoms with van der Waals surface area (Å²) in [5.74, 6) is 0.723. The molecule has 8 heteroatoms. The zero-order valence-corrected chi connectivity index (χ0v) is 17.5. The van der Waals surface area contributed by atoms with Crippen LogP contribution in [0, 0.1) is 6.92 Å². The molecule has 6 rings (SSSR count). The second-order valence-corrected chi connectivity index (χ2v) is 7.67. The Balaban J connectivity index is 1.49. The predicted molar refractivity (Wildman–Crippen MR) is 123 cm³/mol. The van der Waals surface area contributed by atoms with Gasteiger partial charge in [-0.15, -0.1) is 0 Å². The molecular formula is C24H19N7O. The van der Waals surface area contributed by atoms with E-state index in [0.717, 1.165) is 61.5 Å². The molecule has 0 radical (unpaired) electrons. The quantitative estimate of drug-likeness (QED) is 0.431. The van der Waals surface area contributed by atoms with Crippen LogP contribution in [0.3, 0.4) is 0 Å². The summed E-state index contributed by atoms with van der Waals surface area (Å²) in [6, 6.07) is 10.3. The average Bonchev–Trinajstić information content (AvgIpc) is 3.55. The summed E-state index contributed by atoms with van der Waals surface area (Å²) >= 11 is 0. The Hall–Kier alpha value is -4.46. The van der Waals surface area contributed by atoms with Crippen LogP contribution in [0.15, 0.2) is 67.6 Å². The maximum Gasteiger partial charge on any atom is 0.137 e. The van der Waals surface area contributed by atoms with E-state index < -0.39 is 0 Å². The largest absolute Gasteiger partial charge is 0.495 e. The monoisotopic (exact) mass is 421 g/mol. The standard InChI is InChI=1S/C24H19N7O/c1-14-12-31(13-27-14)23-11-26-10-22-18(23)7-21(28-22)24-19-6-15(3-4-20(19)29-30-24)16-5-17(32-2)9-25-8-16/h3-13,28H,1-2H3,(H,29,30). The Labute approximate surface area is 182 Å². The van der Waals surface area contributed by atoms with Gasteiger partial charge in [0, 0.05) is 28.7 Å². The molecule has 0 unspecified atom stereocenters. The first kappa shape index (κ1) is 18.3. The van der Waals surface area contributed by atoms with E-state index >= 15 is 0 Å². The number of fused-ring (bicyclic) bond motifs is 2. The number of aryl methyl sites for hydroxylation is 1. The summed E-state index contributed by atoms with van der Waals surface area (Å²) in [6.07, 6.45) is 11.0. The molecule has 0 aliphatic carbocycles. The maximum absolute atomic E-state index is 5.33. The summed E-state index contributed by atoms with van der Waals surface area (Å²) in [5, 5.41) is 9.81. The minimum absolute atomic E-state index is 0.723. The van der Waals surface area contributed by atoms with Crippen molar-refractivity contribution in [3.8, 4) is 34.0 Å². The van der Waals surface area contributed by atoms with Gasteiger partial charge in [0.2, 0.25) is 0 Å². The van der Waals surface area contributed by atoms with Gasteiger partial charge in [0.15, 0.2) is 0 Å². The lowest BCUT2D eigenvalue weighted by Crippen LogP contribution is -1.91. The number of nitrogens with zero attached hydrogens (tertiary/aromatic N) is 5. The summed E-state index contributed by atoms with van der Waals surface area (Å²) in [6.45, 7) is 1.97. The van der Waals surface area contributed by atoms with Gasteiger partial charge in [0.25, 0.3) is 0 Å². The first-order valence-corrected chi connectivity index (χ1v) is 10.2. The second-order valence-electron chi connectivity index (χ2n) is 7.67. The first-order chi connectivity index (χ1) is 15.7. The highest BCUT2D eigenvalue weighted by Gasteiger charge is 2.15. The predicted octanol–water partition coefficient (Wildman–Crippen LogP) is 4.67. The fraction of sp³-hybridized carbons (Fsp3) is 0.0833. The normalized spacial score (nSPS) is 11.4. The van der Waals surface area contributed by atoms with E-state index in [9.17, 15) is 0 Å². The van der Waals surface area contributed by atoms with Crippen molar-refractivity contribution in [1.82, 2.24) is 34.7 Å². The third-order valence-corrected chi connectivity index (χ3v) is 5.61. The smallest absolute Gasteiger partial charge is 0.137 e. The molecule has 0 saturated carbocycles. The number of hydrogen-bond acceptors (Lipinski definition) is 5. The van der Waals surface area contributed by atoms with E-state index in [1.807, 2.05) is 48.4 Å². The molecule has 0 bridgehead atoms. The highest BCUT2D eigenvalue weighted by atomic mass is 16.5. The summed E-state index contributed by atoms with van der Waals surface area (Å²) in [4.78, 5) is 16.5.